The van der Waals surface area contributed by atoms with Gasteiger partial charge in [0.15, 0.2) is 0 Å². The number of carbonyl (C=O) groups is 3. The Bertz CT molecular complexity index is 1340. The van der Waals surface area contributed by atoms with Gasteiger partial charge in [0.05, 0.1) is 17.7 Å². The standard InChI is InChI=1S/C34H45N5O4/c1-22(2)43-31-19-29-25(18-30(31)35-3)21-39(34(29)42)27-12-14-37(15-13-27)20-23-10-16-38(17-11-23)26-6-4-24(5-7-26)28-8-9-32(40)36-33(28)41/h4-7,18-19,22-23,27-28,35H,8-17,20-21H2,1-3H3,(H,36,40,41). The lowest BCUT2D eigenvalue weighted by Crippen LogP contribution is -2.47. The molecule has 0 aliphatic carbocycles. The Morgan fingerprint density at radius 2 is 1.67 bits per heavy atom. The van der Waals surface area contributed by atoms with Crippen LogP contribution in [0.1, 0.15) is 79.8 Å². The molecule has 9 heteroatoms. The van der Waals surface area contributed by atoms with Crippen LogP contribution < -0.4 is 20.3 Å². The zero-order valence-electron chi connectivity index (χ0n) is 25.7. The zero-order valence-corrected chi connectivity index (χ0v) is 25.7. The maximum absolute atomic E-state index is 13.4. The van der Waals surface area contributed by atoms with Gasteiger partial charge < -0.3 is 24.8 Å². The molecule has 3 saturated heterocycles. The van der Waals surface area contributed by atoms with Crippen LogP contribution in [0.15, 0.2) is 36.4 Å². The third-order valence-corrected chi connectivity index (χ3v) is 9.70. The largest absolute Gasteiger partial charge is 0.489 e. The van der Waals surface area contributed by atoms with Gasteiger partial charge in [-0.25, -0.2) is 0 Å². The number of imide groups is 1. The van der Waals surface area contributed by atoms with Crippen molar-refractivity contribution in [1.82, 2.24) is 15.1 Å². The second-order valence-electron chi connectivity index (χ2n) is 12.9. The minimum Gasteiger partial charge on any atom is -0.489 e. The number of piperidine rings is 3. The summed E-state index contributed by atoms with van der Waals surface area (Å²) in [6.45, 7) is 9.97. The Labute approximate surface area is 254 Å². The van der Waals surface area contributed by atoms with Gasteiger partial charge in [-0.3, -0.25) is 19.7 Å². The lowest BCUT2D eigenvalue weighted by molar-refractivity contribution is -0.134. The van der Waals surface area contributed by atoms with E-state index in [2.05, 4.69) is 43.5 Å². The molecule has 2 aromatic carbocycles. The van der Waals surface area contributed by atoms with E-state index in [1.54, 1.807) is 0 Å². The molecule has 6 rings (SSSR count). The number of fused-ring (bicyclic) bond motifs is 1. The first-order chi connectivity index (χ1) is 20.8. The van der Waals surface area contributed by atoms with E-state index in [-0.39, 0.29) is 35.8 Å². The number of hydrogen-bond acceptors (Lipinski definition) is 7. The van der Waals surface area contributed by atoms with E-state index in [0.717, 1.165) is 73.7 Å². The van der Waals surface area contributed by atoms with Crippen LogP contribution in [0.5, 0.6) is 5.75 Å². The van der Waals surface area contributed by atoms with Crippen molar-refractivity contribution in [3.05, 3.63) is 53.1 Å². The van der Waals surface area contributed by atoms with Gasteiger partial charge in [0.25, 0.3) is 5.91 Å². The summed E-state index contributed by atoms with van der Waals surface area (Å²) in [7, 11) is 1.89. The van der Waals surface area contributed by atoms with Crippen molar-refractivity contribution >= 4 is 29.1 Å². The number of hydrogen-bond donors (Lipinski definition) is 2. The molecule has 1 unspecified atom stereocenters. The van der Waals surface area contributed by atoms with Gasteiger partial charge in [0.2, 0.25) is 11.8 Å². The number of rotatable bonds is 8. The van der Waals surface area contributed by atoms with Crippen LogP contribution in [0.3, 0.4) is 0 Å². The SMILES string of the molecule is CNc1cc2c(cc1OC(C)C)C(=O)N(C1CCN(CC3CCN(c4ccc(C5CCC(=O)NC5=O)cc4)CC3)CC1)C2. The van der Waals surface area contributed by atoms with Crippen LogP contribution in [0.4, 0.5) is 11.4 Å². The summed E-state index contributed by atoms with van der Waals surface area (Å²) in [6, 6.07) is 12.6. The molecule has 0 aromatic heterocycles. The number of nitrogens with zero attached hydrogens (tertiary/aromatic N) is 3. The fourth-order valence-electron chi connectivity index (χ4n) is 7.29. The monoisotopic (exact) mass is 587 g/mol. The molecular formula is C34H45N5O4. The summed E-state index contributed by atoms with van der Waals surface area (Å²) in [5.41, 5.74) is 5.00. The molecule has 230 valence electrons. The van der Waals surface area contributed by atoms with Crippen molar-refractivity contribution in [3.63, 3.8) is 0 Å². The molecule has 0 saturated carbocycles. The molecule has 0 bridgehead atoms. The summed E-state index contributed by atoms with van der Waals surface area (Å²) in [6.07, 6.45) is 5.42. The average Bonchev–Trinajstić information content (AvgIpc) is 3.32. The van der Waals surface area contributed by atoms with Crippen LogP contribution in [-0.2, 0) is 16.1 Å². The summed E-state index contributed by atoms with van der Waals surface area (Å²) in [5.74, 6) is 0.989. The fourth-order valence-corrected chi connectivity index (χ4v) is 7.29. The van der Waals surface area contributed by atoms with Crippen molar-refractivity contribution in [1.29, 1.82) is 0 Å². The smallest absolute Gasteiger partial charge is 0.254 e. The van der Waals surface area contributed by atoms with Gasteiger partial charge in [-0.15, -0.1) is 0 Å². The number of likely N-dealkylation sites (tertiary alicyclic amines) is 1. The van der Waals surface area contributed by atoms with E-state index >= 15 is 0 Å². The number of ether oxygens (including phenoxy) is 1. The molecule has 4 heterocycles. The predicted octanol–water partition coefficient (Wildman–Crippen LogP) is 4.37. The fraction of sp³-hybridized carbons (Fsp3) is 0.559. The van der Waals surface area contributed by atoms with Crippen LogP contribution in [0.2, 0.25) is 0 Å². The summed E-state index contributed by atoms with van der Waals surface area (Å²) >= 11 is 0. The molecule has 4 aliphatic rings. The minimum atomic E-state index is -0.232. The first kappa shape index (κ1) is 29.5. The molecule has 0 spiro atoms. The van der Waals surface area contributed by atoms with Gasteiger partial charge in [-0.2, -0.15) is 0 Å². The third kappa shape index (κ3) is 6.37. The van der Waals surface area contributed by atoms with E-state index in [9.17, 15) is 14.4 Å². The van der Waals surface area contributed by atoms with Crippen molar-refractivity contribution < 1.29 is 19.1 Å². The number of benzene rings is 2. The Morgan fingerprint density at radius 1 is 0.953 bits per heavy atom. The number of carbonyl (C=O) groups excluding carboxylic acids is 3. The second-order valence-corrected chi connectivity index (χ2v) is 12.9. The van der Waals surface area contributed by atoms with Gasteiger partial charge in [0.1, 0.15) is 5.75 Å². The first-order valence-electron chi connectivity index (χ1n) is 16.0. The predicted molar refractivity (Wildman–Crippen MR) is 168 cm³/mol. The van der Waals surface area contributed by atoms with Crippen molar-refractivity contribution in [3.8, 4) is 5.75 Å². The second kappa shape index (κ2) is 12.6. The van der Waals surface area contributed by atoms with Gasteiger partial charge in [0, 0.05) is 70.0 Å². The maximum Gasteiger partial charge on any atom is 0.254 e. The van der Waals surface area contributed by atoms with Gasteiger partial charge >= 0.3 is 0 Å². The summed E-state index contributed by atoms with van der Waals surface area (Å²) < 4.78 is 5.98. The van der Waals surface area contributed by atoms with Crippen molar-refractivity contribution in [2.45, 2.75) is 77.0 Å². The van der Waals surface area contributed by atoms with Crippen molar-refractivity contribution in [2.24, 2.45) is 5.92 Å². The quantitative estimate of drug-likeness (QED) is 0.443. The molecule has 3 fully saturated rings. The molecular weight excluding hydrogens is 542 g/mol. The highest BCUT2D eigenvalue weighted by Crippen LogP contribution is 2.36. The molecule has 9 nitrogen and oxygen atoms in total. The number of anilines is 2. The molecule has 1 atom stereocenters. The molecule has 3 amide bonds. The van der Waals surface area contributed by atoms with Crippen LogP contribution in [0, 0.1) is 5.92 Å². The molecule has 0 radical (unpaired) electrons. The van der Waals surface area contributed by atoms with E-state index in [1.807, 2.05) is 39.1 Å². The first-order valence-corrected chi connectivity index (χ1v) is 16.0. The summed E-state index contributed by atoms with van der Waals surface area (Å²) in [5, 5.41) is 5.69. The van der Waals surface area contributed by atoms with E-state index in [0.29, 0.717) is 25.3 Å². The van der Waals surface area contributed by atoms with E-state index in [4.69, 9.17) is 4.74 Å². The molecule has 2 aromatic rings. The molecule has 2 N–H and O–H groups in total. The Balaban J connectivity index is 0.964. The average molecular weight is 588 g/mol. The summed E-state index contributed by atoms with van der Waals surface area (Å²) in [4.78, 5) is 44.3. The van der Waals surface area contributed by atoms with E-state index in [1.165, 1.54) is 18.5 Å². The normalized spacial score (nSPS) is 22.2. The lowest BCUT2D eigenvalue weighted by atomic mass is 9.90. The Kier molecular flexibility index (Phi) is 8.61. The molecule has 43 heavy (non-hydrogen) atoms. The highest BCUT2D eigenvalue weighted by atomic mass is 16.5. The highest BCUT2D eigenvalue weighted by Gasteiger charge is 2.36. The lowest BCUT2D eigenvalue weighted by Gasteiger charge is -2.40. The van der Waals surface area contributed by atoms with Gasteiger partial charge in [-0.1, -0.05) is 12.1 Å². The van der Waals surface area contributed by atoms with Crippen LogP contribution in [0.25, 0.3) is 0 Å². The third-order valence-electron chi connectivity index (χ3n) is 9.70. The van der Waals surface area contributed by atoms with E-state index < -0.39 is 0 Å². The number of amides is 3. The zero-order chi connectivity index (χ0) is 30.1. The van der Waals surface area contributed by atoms with Crippen LogP contribution >= 0.6 is 0 Å². The Morgan fingerprint density at radius 3 is 2.33 bits per heavy atom. The van der Waals surface area contributed by atoms with Crippen molar-refractivity contribution in [2.75, 3.05) is 50.0 Å². The van der Waals surface area contributed by atoms with Crippen LogP contribution in [-0.4, -0.2) is 79.4 Å². The topological polar surface area (TPSA) is 94.2 Å². The molecule has 4 aliphatic heterocycles. The number of nitrogens with one attached hydrogen (secondary N) is 2. The Hall–Kier alpha value is -3.59. The minimum absolute atomic E-state index is 0.0488. The maximum atomic E-state index is 13.4. The highest BCUT2D eigenvalue weighted by molar-refractivity contribution is 6.01. The van der Waals surface area contributed by atoms with Gasteiger partial charge in [-0.05, 0) is 87.3 Å².